The van der Waals surface area contributed by atoms with Crippen LogP contribution in [0.3, 0.4) is 0 Å². The smallest absolute Gasteiger partial charge is 0.244 e. The molecular formula is C22H28N2O4S. The first-order valence-electron chi connectivity index (χ1n) is 9.90. The van der Waals surface area contributed by atoms with E-state index in [1.807, 2.05) is 37.3 Å². The van der Waals surface area contributed by atoms with Crippen molar-refractivity contribution in [3.63, 3.8) is 0 Å². The summed E-state index contributed by atoms with van der Waals surface area (Å²) in [5.74, 6) is 0.0794. The number of amides is 1. The third-order valence-corrected chi connectivity index (χ3v) is 6.65. The first-order valence-corrected chi connectivity index (χ1v) is 11.4. The van der Waals surface area contributed by atoms with Gasteiger partial charge in [-0.2, -0.15) is 4.72 Å². The van der Waals surface area contributed by atoms with Gasteiger partial charge in [0.05, 0.1) is 7.11 Å². The van der Waals surface area contributed by atoms with Crippen LogP contribution in [0.15, 0.2) is 53.4 Å². The lowest BCUT2D eigenvalue weighted by atomic mass is 10.0. The molecule has 6 nitrogen and oxygen atoms in total. The second-order valence-electron chi connectivity index (χ2n) is 7.40. The minimum atomic E-state index is -3.95. The molecule has 1 N–H and O–H groups in total. The summed E-state index contributed by atoms with van der Waals surface area (Å²) in [6.45, 7) is 3.15. The van der Waals surface area contributed by atoms with Gasteiger partial charge in [-0.3, -0.25) is 4.79 Å². The summed E-state index contributed by atoms with van der Waals surface area (Å²) in [6, 6.07) is 13.6. The fourth-order valence-electron chi connectivity index (χ4n) is 3.61. The van der Waals surface area contributed by atoms with Gasteiger partial charge in [0.15, 0.2) is 0 Å². The number of carbonyl (C=O) groups is 1. The van der Waals surface area contributed by atoms with Crippen molar-refractivity contribution in [3.05, 3.63) is 59.7 Å². The van der Waals surface area contributed by atoms with Crippen LogP contribution < -0.4 is 9.46 Å². The van der Waals surface area contributed by atoms with Gasteiger partial charge in [-0.25, -0.2) is 8.42 Å². The second kappa shape index (κ2) is 9.41. The second-order valence-corrected chi connectivity index (χ2v) is 9.09. The highest BCUT2D eigenvalue weighted by atomic mass is 32.2. The molecule has 1 aliphatic heterocycles. The lowest BCUT2D eigenvalue weighted by Gasteiger charge is -2.31. The van der Waals surface area contributed by atoms with Gasteiger partial charge in [0.25, 0.3) is 0 Å². The molecule has 1 aliphatic rings. The number of hydrogen-bond donors (Lipinski definition) is 1. The Bertz CT molecular complexity index is 939. The van der Waals surface area contributed by atoms with Crippen LogP contribution in [0.2, 0.25) is 0 Å². The predicted molar refractivity (Wildman–Crippen MR) is 112 cm³/mol. The summed E-state index contributed by atoms with van der Waals surface area (Å²) in [5, 5.41) is 0. The van der Waals surface area contributed by atoms with Gasteiger partial charge < -0.3 is 9.64 Å². The van der Waals surface area contributed by atoms with Gasteiger partial charge in [0.2, 0.25) is 15.9 Å². The van der Waals surface area contributed by atoms with E-state index in [9.17, 15) is 13.2 Å². The number of methoxy groups -OCH3 is 1. The van der Waals surface area contributed by atoms with Gasteiger partial charge in [0.1, 0.15) is 16.7 Å². The first kappa shape index (κ1) is 21.3. The number of nitrogens with zero attached hydrogens (tertiary/aromatic N) is 1. The summed E-state index contributed by atoms with van der Waals surface area (Å²) in [6.07, 6.45) is 3.29. The van der Waals surface area contributed by atoms with E-state index >= 15 is 0 Å². The maximum atomic E-state index is 13.2. The number of carbonyl (C=O) groups excluding carboxylic acids is 1. The zero-order chi connectivity index (χ0) is 20.9. The molecule has 0 aromatic heterocycles. The van der Waals surface area contributed by atoms with E-state index in [1.54, 1.807) is 23.1 Å². The largest absolute Gasteiger partial charge is 0.495 e. The minimum Gasteiger partial charge on any atom is -0.495 e. The van der Waals surface area contributed by atoms with Crippen LogP contribution in [-0.4, -0.2) is 45.5 Å². The van der Waals surface area contributed by atoms with Crippen molar-refractivity contribution in [2.75, 3.05) is 20.2 Å². The Hall–Kier alpha value is -2.38. The molecule has 2 aromatic rings. The Morgan fingerprint density at radius 2 is 1.79 bits per heavy atom. The quantitative estimate of drug-likeness (QED) is 0.753. The topological polar surface area (TPSA) is 75.7 Å². The summed E-state index contributed by atoms with van der Waals surface area (Å²) in [5.41, 5.74) is 1.70. The number of rotatable bonds is 7. The van der Waals surface area contributed by atoms with E-state index in [1.165, 1.54) is 7.11 Å². The maximum absolute atomic E-state index is 13.2. The van der Waals surface area contributed by atoms with Gasteiger partial charge in [0, 0.05) is 13.1 Å². The molecule has 0 unspecified atom stereocenters. The van der Waals surface area contributed by atoms with Crippen LogP contribution >= 0.6 is 0 Å². The van der Waals surface area contributed by atoms with Crippen molar-refractivity contribution < 1.29 is 17.9 Å². The monoisotopic (exact) mass is 416 g/mol. The molecule has 0 radical (unpaired) electrons. The third-order valence-electron chi connectivity index (χ3n) is 5.15. The molecule has 1 amide bonds. The number of nitrogens with one attached hydrogen (secondary N) is 1. The highest BCUT2D eigenvalue weighted by molar-refractivity contribution is 7.89. The fraction of sp³-hybridized carbons (Fsp3) is 0.409. The van der Waals surface area contributed by atoms with Gasteiger partial charge in [-0.1, -0.05) is 36.4 Å². The van der Waals surface area contributed by atoms with E-state index in [0.29, 0.717) is 19.5 Å². The highest BCUT2D eigenvalue weighted by Crippen LogP contribution is 2.25. The number of piperidine rings is 1. The molecule has 1 atom stereocenters. The third kappa shape index (κ3) is 5.36. The van der Waals surface area contributed by atoms with E-state index in [4.69, 9.17) is 4.74 Å². The predicted octanol–water partition coefficient (Wildman–Crippen LogP) is 2.91. The highest BCUT2D eigenvalue weighted by Gasteiger charge is 2.31. The van der Waals surface area contributed by atoms with Gasteiger partial charge in [-0.05, 0) is 55.9 Å². The van der Waals surface area contributed by atoms with Crippen LogP contribution in [0.4, 0.5) is 0 Å². The SMILES string of the molecule is COc1ccc(C)cc1S(=O)(=O)N[C@@H](Cc1ccccc1)C(=O)N1CCCCC1. The molecule has 0 bridgehead atoms. The number of aryl methyl sites for hydroxylation is 1. The Morgan fingerprint density at radius 3 is 2.45 bits per heavy atom. The molecular weight excluding hydrogens is 388 g/mol. The lowest BCUT2D eigenvalue weighted by molar-refractivity contribution is -0.133. The zero-order valence-electron chi connectivity index (χ0n) is 16.9. The van der Waals surface area contributed by atoms with E-state index in [-0.39, 0.29) is 16.6 Å². The number of ether oxygens (including phenoxy) is 1. The Labute approximate surface area is 172 Å². The summed E-state index contributed by atoms with van der Waals surface area (Å²) in [4.78, 5) is 15.0. The maximum Gasteiger partial charge on any atom is 0.244 e. The Kier molecular flexibility index (Phi) is 6.92. The van der Waals surface area contributed by atoms with E-state index in [0.717, 1.165) is 30.4 Å². The number of hydrogen-bond acceptors (Lipinski definition) is 4. The Morgan fingerprint density at radius 1 is 1.10 bits per heavy atom. The Balaban J connectivity index is 1.91. The van der Waals surface area contributed by atoms with E-state index in [2.05, 4.69) is 4.72 Å². The normalized spacial score (nSPS) is 15.7. The minimum absolute atomic E-state index is 0.0458. The van der Waals surface area contributed by atoms with Crippen molar-refractivity contribution in [1.29, 1.82) is 0 Å². The fourth-order valence-corrected chi connectivity index (χ4v) is 5.05. The molecule has 1 heterocycles. The van der Waals surface area contributed by atoms with Crippen molar-refractivity contribution in [1.82, 2.24) is 9.62 Å². The number of benzene rings is 2. The van der Waals surface area contributed by atoms with Crippen molar-refractivity contribution in [2.45, 2.75) is 43.5 Å². The molecule has 156 valence electrons. The van der Waals surface area contributed by atoms with Crippen molar-refractivity contribution in [2.24, 2.45) is 0 Å². The number of likely N-dealkylation sites (tertiary alicyclic amines) is 1. The van der Waals surface area contributed by atoms with Crippen LogP contribution in [0.1, 0.15) is 30.4 Å². The van der Waals surface area contributed by atoms with Crippen LogP contribution in [0, 0.1) is 6.92 Å². The van der Waals surface area contributed by atoms with Crippen molar-refractivity contribution in [3.8, 4) is 5.75 Å². The molecule has 1 saturated heterocycles. The van der Waals surface area contributed by atoms with Gasteiger partial charge >= 0.3 is 0 Å². The molecule has 0 saturated carbocycles. The van der Waals surface area contributed by atoms with Crippen LogP contribution in [-0.2, 0) is 21.2 Å². The van der Waals surface area contributed by atoms with Crippen molar-refractivity contribution >= 4 is 15.9 Å². The summed E-state index contributed by atoms with van der Waals surface area (Å²) in [7, 11) is -2.52. The molecule has 0 spiro atoms. The molecule has 2 aromatic carbocycles. The zero-order valence-corrected chi connectivity index (χ0v) is 17.7. The molecule has 3 rings (SSSR count). The van der Waals surface area contributed by atoms with Gasteiger partial charge in [-0.15, -0.1) is 0 Å². The molecule has 0 aliphatic carbocycles. The van der Waals surface area contributed by atoms with E-state index < -0.39 is 16.1 Å². The molecule has 7 heteroatoms. The number of sulfonamides is 1. The average molecular weight is 417 g/mol. The average Bonchev–Trinajstić information content (AvgIpc) is 2.74. The molecule has 1 fully saturated rings. The molecule has 29 heavy (non-hydrogen) atoms. The lowest BCUT2D eigenvalue weighted by Crippen LogP contribution is -2.51. The standard InChI is InChI=1S/C22H28N2O4S/c1-17-11-12-20(28-2)21(15-17)29(26,27)23-19(16-18-9-5-3-6-10-18)22(25)24-13-7-4-8-14-24/h3,5-6,9-12,15,19,23H,4,7-8,13-14,16H2,1-2H3/t19-/m0/s1. The van der Waals surface area contributed by atoms with Crippen LogP contribution in [0.25, 0.3) is 0 Å². The summed E-state index contributed by atoms with van der Waals surface area (Å²) < 4.78 is 34.3. The van der Waals surface area contributed by atoms with Crippen LogP contribution in [0.5, 0.6) is 5.75 Å². The summed E-state index contributed by atoms with van der Waals surface area (Å²) >= 11 is 0. The first-order chi connectivity index (χ1) is 13.9.